The van der Waals surface area contributed by atoms with Gasteiger partial charge in [0.2, 0.25) is 5.91 Å². The molecule has 2 atom stereocenters. The molecule has 5 rings (SSSR count). The maximum absolute atomic E-state index is 13.1. The number of carbonyl (C=O) groups excluding carboxylic acids is 2. The number of hydrogen-bond donors (Lipinski definition) is 3. The summed E-state index contributed by atoms with van der Waals surface area (Å²) >= 11 is 0. The number of carbonyl (C=O) groups is 2. The molecule has 3 aromatic carbocycles. The fourth-order valence-corrected chi connectivity index (χ4v) is 5.09. The molecule has 0 unspecified atom stereocenters. The molecule has 0 bridgehead atoms. The Morgan fingerprint density at radius 1 is 1.03 bits per heavy atom. The van der Waals surface area contributed by atoms with Gasteiger partial charge in [-0.2, -0.15) is 0 Å². The molecular formula is C30H30N4O4. The Kier molecular flexibility index (Phi) is 7.24. The standard InChI is InChI=1S/C30H30N4O4/c1-19-15-22(25-5-3-4-6-27(25)31-19)16-20-7-9-21(10-8-20)29(35)32-28-18-34(17-26(28)30(36)33-37)23-11-13-24(38-2)14-12-23/h3-15,26,28,37H,16-18H2,1-2H3,(H,32,35)(H,33,36)/t26-,28+/m0/s1. The number of nitrogens with zero attached hydrogens (tertiary/aromatic N) is 2. The van der Waals surface area contributed by atoms with Gasteiger partial charge < -0.3 is 15.0 Å². The van der Waals surface area contributed by atoms with Gasteiger partial charge in [0.15, 0.2) is 0 Å². The van der Waals surface area contributed by atoms with E-state index in [4.69, 9.17) is 4.74 Å². The number of nitrogens with one attached hydrogen (secondary N) is 2. The van der Waals surface area contributed by atoms with Crippen molar-refractivity contribution >= 4 is 28.4 Å². The molecule has 1 fully saturated rings. The minimum absolute atomic E-state index is 0.265. The van der Waals surface area contributed by atoms with E-state index in [0.29, 0.717) is 18.7 Å². The Bertz CT molecular complexity index is 1450. The normalized spacial score (nSPS) is 16.9. The molecule has 0 radical (unpaired) electrons. The van der Waals surface area contributed by atoms with Crippen LogP contribution in [0.25, 0.3) is 10.9 Å². The fraction of sp³-hybridized carbons (Fsp3) is 0.233. The molecule has 8 nitrogen and oxygen atoms in total. The number of benzene rings is 3. The third kappa shape index (κ3) is 5.31. The molecule has 2 heterocycles. The lowest BCUT2D eigenvalue weighted by Gasteiger charge is -2.19. The van der Waals surface area contributed by atoms with Gasteiger partial charge in [-0.05, 0) is 73.0 Å². The zero-order valence-corrected chi connectivity index (χ0v) is 21.3. The highest BCUT2D eigenvalue weighted by atomic mass is 16.5. The van der Waals surface area contributed by atoms with Crippen LogP contribution >= 0.6 is 0 Å². The summed E-state index contributed by atoms with van der Waals surface area (Å²) in [5.74, 6) is -0.660. The topological polar surface area (TPSA) is 104 Å². The van der Waals surface area contributed by atoms with Gasteiger partial charge in [0, 0.05) is 35.4 Å². The number of aryl methyl sites for hydroxylation is 1. The van der Waals surface area contributed by atoms with Crippen molar-refractivity contribution in [3.63, 3.8) is 0 Å². The van der Waals surface area contributed by atoms with Gasteiger partial charge in [0.25, 0.3) is 5.91 Å². The molecule has 194 valence electrons. The molecule has 0 saturated carbocycles. The van der Waals surface area contributed by atoms with Crippen LogP contribution < -0.4 is 20.4 Å². The number of anilines is 1. The van der Waals surface area contributed by atoms with Crippen molar-refractivity contribution in [1.82, 2.24) is 15.8 Å². The zero-order valence-electron chi connectivity index (χ0n) is 21.3. The number of para-hydroxylation sites is 1. The van der Waals surface area contributed by atoms with E-state index < -0.39 is 17.9 Å². The first-order valence-corrected chi connectivity index (χ1v) is 12.5. The molecule has 8 heteroatoms. The Labute approximate surface area is 221 Å². The van der Waals surface area contributed by atoms with Gasteiger partial charge in [0.05, 0.1) is 24.6 Å². The van der Waals surface area contributed by atoms with Gasteiger partial charge in [-0.3, -0.25) is 19.8 Å². The lowest BCUT2D eigenvalue weighted by Crippen LogP contribution is -2.45. The van der Waals surface area contributed by atoms with Crippen molar-refractivity contribution in [2.45, 2.75) is 19.4 Å². The molecule has 0 aliphatic carbocycles. The van der Waals surface area contributed by atoms with Gasteiger partial charge in [-0.1, -0.05) is 30.3 Å². The number of methoxy groups -OCH3 is 1. The summed E-state index contributed by atoms with van der Waals surface area (Å²) in [7, 11) is 1.60. The van der Waals surface area contributed by atoms with Crippen LogP contribution in [0.4, 0.5) is 5.69 Å². The second-order valence-electron chi connectivity index (χ2n) is 9.58. The minimum atomic E-state index is -0.603. The van der Waals surface area contributed by atoms with Crippen molar-refractivity contribution < 1.29 is 19.5 Å². The molecular weight excluding hydrogens is 480 g/mol. The number of hydrogen-bond acceptors (Lipinski definition) is 6. The lowest BCUT2D eigenvalue weighted by molar-refractivity contribution is -0.133. The van der Waals surface area contributed by atoms with Crippen molar-refractivity contribution in [3.8, 4) is 5.75 Å². The first-order valence-electron chi connectivity index (χ1n) is 12.5. The van der Waals surface area contributed by atoms with E-state index in [1.807, 2.05) is 66.4 Å². The number of hydroxylamine groups is 1. The van der Waals surface area contributed by atoms with Crippen LogP contribution in [-0.2, 0) is 11.2 Å². The van der Waals surface area contributed by atoms with Gasteiger partial charge in [0.1, 0.15) is 5.75 Å². The van der Waals surface area contributed by atoms with Crippen LogP contribution in [-0.4, -0.2) is 48.2 Å². The molecule has 4 aromatic rings. The lowest BCUT2D eigenvalue weighted by atomic mass is 9.99. The third-order valence-corrected chi connectivity index (χ3v) is 7.06. The molecule has 3 N–H and O–H groups in total. The highest BCUT2D eigenvalue weighted by Gasteiger charge is 2.38. The summed E-state index contributed by atoms with van der Waals surface area (Å²) in [5, 5.41) is 13.4. The summed E-state index contributed by atoms with van der Waals surface area (Å²) in [6.07, 6.45) is 0.726. The van der Waals surface area contributed by atoms with Crippen LogP contribution in [0.1, 0.15) is 27.2 Å². The first kappa shape index (κ1) is 25.2. The Morgan fingerprint density at radius 2 is 1.76 bits per heavy atom. The van der Waals surface area contributed by atoms with E-state index in [1.165, 1.54) is 5.56 Å². The van der Waals surface area contributed by atoms with Gasteiger partial charge >= 0.3 is 0 Å². The van der Waals surface area contributed by atoms with Crippen LogP contribution in [0, 0.1) is 12.8 Å². The summed E-state index contributed by atoms with van der Waals surface area (Å²) in [5.41, 5.74) is 7.37. The van der Waals surface area contributed by atoms with Crippen LogP contribution in [0.2, 0.25) is 0 Å². The van der Waals surface area contributed by atoms with Crippen molar-refractivity contribution in [1.29, 1.82) is 0 Å². The average molecular weight is 511 g/mol. The highest BCUT2D eigenvalue weighted by Crippen LogP contribution is 2.27. The van der Waals surface area contributed by atoms with E-state index >= 15 is 0 Å². The summed E-state index contributed by atoms with van der Waals surface area (Å²) in [4.78, 5) is 32.1. The molecule has 1 saturated heterocycles. The molecule has 1 aromatic heterocycles. The van der Waals surface area contributed by atoms with Crippen molar-refractivity contribution in [3.05, 3.63) is 101 Å². The average Bonchev–Trinajstić information content (AvgIpc) is 3.36. The number of pyridine rings is 1. The van der Waals surface area contributed by atoms with E-state index in [0.717, 1.165) is 40.0 Å². The first-order chi connectivity index (χ1) is 18.4. The van der Waals surface area contributed by atoms with Gasteiger partial charge in [-0.25, -0.2) is 5.48 Å². The van der Waals surface area contributed by atoms with E-state index in [2.05, 4.69) is 22.4 Å². The predicted octanol–water partition coefficient (Wildman–Crippen LogP) is 3.88. The largest absolute Gasteiger partial charge is 0.497 e. The smallest absolute Gasteiger partial charge is 0.251 e. The maximum atomic E-state index is 13.1. The molecule has 1 aliphatic rings. The number of ether oxygens (including phenoxy) is 1. The van der Waals surface area contributed by atoms with Crippen LogP contribution in [0.5, 0.6) is 5.75 Å². The number of fused-ring (bicyclic) bond motifs is 1. The summed E-state index contributed by atoms with van der Waals surface area (Å²) < 4.78 is 5.22. The van der Waals surface area contributed by atoms with Crippen molar-refractivity contribution in [2.75, 3.05) is 25.1 Å². The number of rotatable bonds is 7. The Balaban J connectivity index is 1.29. The second-order valence-corrected chi connectivity index (χ2v) is 9.58. The van der Waals surface area contributed by atoms with Gasteiger partial charge in [-0.15, -0.1) is 0 Å². The molecule has 38 heavy (non-hydrogen) atoms. The van der Waals surface area contributed by atoms with Crippen molar-refractivity contribution in [2.24, 2.45) is 5.92 Å². The van der Waals surface area contributed by atoms with Crippen LogP contribution in [0.3, 0.4) is 0 Å². The third-order valence-electron chi connectivity index (χ3n) is 7.06. The quantitative estimate of drug-likeness (QED) is 0.258. The SMILES string of the molecule is COc1ccc(N2C[C@H](C(=O)NO)[C@H](NC(=O)c3ccc(Cc4cc(C)nc5ccccc45)cc3)C2)cc1. The Hall–Kier alpha value is -4.43. The zero-order chi connectivity index (χ0) is 26.6. The predicted molar refractivity (Wildman–Crippen MR) is 146 cm³/mol. The van der Waals surface area contributed by atoms with E-state index in [9.17, 15) is 14.8 Å². The monoisotopic (exact) mass is 510 g/mol. The number of amides is 2. The highest BCUT2D eigenvalue weighted by molar-refractivity contribution is 5.95. The van der Waals surface area contributed by atoms with E-state index in [1.54, 1.807) is 24.7 Å². The minimum Gasteiger partial charge on any atom is -0.497 e. The number of aromatic nitrogens is 1. The van der Waals surface area contributed by atoms with E-state index in [-0.39, 0.29) is 5.91 Å². The Morgan fingerprint density at radius 3 is 2.47 bits per heavy atom. The summed E-state index contributed by atoms with van der Waals surface area (Å²) in [6.45, 7) is 2.79. The summed E-state index contributed by atoms with van der Waals surface area (Å²) in [6, 6.07) is 24.7. The second kappa shape index (κ2) is 10.9. The van der Waals surface area contributed by atoms with Crippen LogP contribution in [0.15, 0.2) is 78.9 Å². The fourth-order valence-electron chi connectivity index (χ4n) is 5.09. The molecule has 0 spiro atoms. The molecule has 1 aliphatic heterocycles. The molecule has 2 amide bonds. The maximum Gasteiger partial charge on any atom is 0.251 e.